The summed E-state index contributed by atoms with van der Waals surface area (Å²) in [4.78, 5) is 37.0. The van der Waals surface area contributed by atoms with Crippen molar-refractivity contribution in [3.8, 4) is 11.5 Å². The van der Waals surface area contributed by atoms with E-state index in [0.29, 0.717) is 22.6 Å². The molecule has 2 amide bonds. The van der Waals surface area contributed by atoms with Gasteiger partial charge < -0.3 is 9.73 Å². The lowest BCUT2D eigenvalue weighted by molar-refractivity contribution is -0.115. The predicted molar refractivity (Wildman–Crippen MR) is 129 cm³/mol. The van der Waals surface area contributed by atoms with Crippen LogP contribution in [0.2, 0.25) is 0 Å². The highest BCUT2D eigenvalue weighted by Gasteiger charge is 2.26. The van der Waals surface area contributed by atoms with Crippen LogP contribution in [0.1, 0.15) is 42.8 Å². The zero-order valence-electron chi connectivity index (χ0n) is 18.6. The molecule has 3 aromatic heterocycles. The van der Waals surface area contributed by atoms with Gasteiger partial charge in [-0.3, -0.25) is 19.9 Å². The van der Waals surface area contributed by atoms with Crippen LogP contribution in [-0.4, -0.2) is 32.1 Å². The highest BCUT2D eigenvalue weighted by Crippen LogP contribution is 2.28. The molecular formula is C25H25N5O3S. The third kappa shape index (κ3) is 5.43. The average Bonchev–Trinajstić information content (AvgIpc) is 3.49. The van der Waals surface area contributed by atoms with Crippen molar-refractivity contribution in [1.29, 1.82) is 0 Å². The fraction of sp³-hybridized carbons (Fsp3) is 0.320. The van der Waals surface area contributed by atoms with Crippen molar-refractivity contribution >= 4 is 29.0 Å². The third-order valence-corrected chi connectivity index (χ3v) is 7.00. The second kappa shape index (κ2) is 10.3. The zero-order chi connectivity index (χ0) is 23.3. The highest BCUT2D eigenvalue weighted by molar-refractivity contribution is 8.18. The molecule has 0 aromatic carbocycles. The van der Waals surface area contributed by atoms with Crippen LogP contribution in [0, 0.1) is 5.92 Å². The average molecular weight is 476 g/mol. The van der Waals surface area contributed by atoms with E-state index in [1.54, 1.807) is 30.8 Å². The Kier molecular flexibility index (Phi) is 6.82. The molecule has 0 spiro atoms. The number of rotatable bonds is 7. The van der Waals surface area contributed by atoms with Crippen LogP contribution >= 0.6 is 11.8 Å². The van der Waals surface area contributed by atoms with Crippen LogP contribution < -0.4 is 10.6 Å². The van der Waals surface area contributed by atoms with Crippen LogP contribution in [0.3, 0.4) is 0 Å². The smallest absolute Gasteiger partial charge is 0.290 e. The molecule has 0 unspecified atom stereocenters. The minimum absolute atomic E-state index is 0.350. The van der Waals surface area contributed by atoms with E-state index in [4.69, 9.17) is 4.42 Å². The Morgan fingerprint density at radius 3 is 2.74 bits per heavy atom. The van der Waals surface area contributed by atoms with Crippen LogP contribution in [0.15, 0.2) is 58.3 Å². The molecule has 0 bridgehead atoms. The Morgan fingerprint density at radius 2 is 1.97 bits per heavy atom. The second-order valence-electron chi connectivity index (χ2n) is 8.54. The summed E-state index contributed by atoms with van der Waals surface area (Å²) in [6.45, 7) is 0.757. The van der Waals surface area contributed by atoms with Gasteiger partial charge in [-0.05, 0) is 79.3 Å². The van der Waals surface area contributed by atoms with E-state index in [1.807, 2.05) is 18.2 Å². The van der Waals surface area contributed by atoms with Gasteiger partial charge in [-0.2, -0.15) is 0 Å². The fourth-order valence-corrected chi connectivity index (χ4v) is 5.12. The minimum atomic E-state index is -0.372. The van der Waals surface area contributed by atoms with Crippen molar-refractivity contribution in [3.05, 3.63) is 71.0 Å². The normalized spacial score (nSPS) is 21.7. The third-order valence-electron chi connectivity index (χ3n) is 6.19. The SMILES string of the molecule is O=C1NC(=O)/C(=C/c2ccnc(CC3CCC(NCc4cccnc4-c4ccco4)CC3)n2)S1. The number of carbonyl (C=O) groups excluding carboxylic acids is 2. The molecule has 1 saturated heterocycles. The van der Waals surface area contributed by atoms with Gasteiger partial charge in [0.15, 0.2) is 5.76 Å². The van der Waals surface area contributed by atoms with Gasteiger partial charge in [-0.15, -0.1) is 0 Å². The van der Waals surface area contributed by atoms with Gasteiger partial charge in [0.2, 0.25) is 0 Å². The molecular weight excluding hydrogens is 450 g/mol. The number of thioether (sulfide) groups is 1. The van der Waals surface area contributed by atoms with Crippen LogP contribution in [0.5, 0.6) is 0 Å². The summed E-state index contributed by atoms with van der Waals surface area (Å²) >= 11 is 0.898. The Balaban J connectivity index is 1.13. The monoisotopic (exact) mass is 475 g/mol. The quantitative estimate of drug-likeness (QED) is 0.486. The van der Waals surface area contributed by atoms with Gasteiger partial charge in [-0.25, -0.2) is 9.97 Å². The maximum Gasteiger partial charge on any atom is 0.290 e. The summed E-state index contributed by atoms with van der Waals surface area (Å²) in [7, 11) is 0. The Morgan fingerprint density at radius 1 is 1.09 bits per heavy atom. The lowest BCUT2D eigenvalue weighted by atomic mass is 9.84. The number of amides is 2. The number of nitrogens with zero attached hydrogens (tertiary/aromatic N) is 3. The van der Waals surface area contributed by atoms with E-state index in [-0.39, 0.29) is 11.1 Å². The van der Waals surface area contributed by atoms with Crippen molar-refractivity contribution in [1.82, 2.24) is 25.6 Å². The number of hydrogen-bond donors (Lipinski definition) is 2. The summed E-state index contributed by atoms with van der Waals surface area (Å²) in [6.07, 6.45) is 12.1. The zero-order valence-corrected chi connectivity index (χ0v) is 19.4. The molecule has 8 nitrogen and oxygen atoms in total. The molecule has 34 heavy (non-hydrogen) atoms. The van der Waals surface area contributed by atoms with Crippen LogP contribution in [0.4, 0.5) is 4.79 Å². The lowest BCUT2D eigenvalue weighted by Crippen LogP contribution is -2.33. The molecule has 2 N–H and O–H groups in total. The lowest BCUT2D eigenvalue weighted by Gasteiger charge is -2.29. The number of nitrogens with one attached hydrogen (secondary N) is 2. The van der Waals surface area contributed by atoms with E-state index < -0.39 is 0 Å². The number of imide groups is 1. The van der Waals surface area contributed by atoms with Gasteiger partial charge in [0.05, 0.1) is 16.9 Å². The first-order valence-electron chi connectivity index (χ1n) is 11.4. The minimum Gasteiger partial charge on any atom is -0.463 e. The number of aromatic nitrogens is 3. The molecule has 5 rings (SSSR count). The van der Waals surface area contributed by atoms with Crippen LogP contribution in [-0.2, 0) is 17.8 Å². The van der Waals surface area contributed by atoms with E-state index in [9.17, 15) is 9.59 Å². The first-order chi connectivity index (χ1) is 16.6. The second-order valence-corrected chi connectivity index (χ2v) is 9.56. The van der Waals surface area contributed by atoms with Crippen molar-refractivity contribution in [2.24, 2.45) is 5.92 Å². The van der Waals surface area contributed by atoms with Crippen molar-refractivity contribution in [3.63, 3.8) is 0 Å². The number of carbonyl (C=O) groups is 2. The first-order valence-corrected chi connectivity index (χ1v) is 12.2. The highest BCUT2D eigenvalue weighted by atomic mass is 32.2. The van der Waals surface area contributed by atoms with E-state index >= 15 is 0 Å². The van der Waals surface area contributed by atoms with Gasteiger partial charge >= 0.3 is 0 Å². The molecule has 0 radical (unpaired) electrons. The maximum absolute atomic E-state index is 11.8. The summed E-state index contributed by atoms with van der Waals surface area (Å²) in [5.41, 5.74) is 2.67. The van der Waals surface area contributed by atoms with E-state index in [2.05, 4.69) is 31.7 Å². The number of furan rings is 1. The Hall–Kier alpha value is -3.30. The Labute approximate surface area is 201 Å². The maximum atomic E-state index is 11.8. The van der Waals surface area contributed by atoms with Gasteiger partial charge in [-0.1, -0.05) is 6.07 Å². The molecule has 2 aliphatic rings. The topological polar surface area (TPSA) is 110 Å². The van der Waals surface area contributed by atoms with Gasteiger partial charge in [0.1, 0.15) is 11.5 Å². The molecule has 1 aliphatic carbocycles. The van der Waals surface area contributed by atoms with Crippen LogP contribution in [0.25, 0.3) is 17.5 Å². The standard InChI is InChI=1S/C25H25N5O3S/c31-24-21(34-25(32)30-24)14-19-9-11-26-22(29-19)13-16-5-7-18(8-6-16)28-15-17-3-1-10-27-23(17)20-4-2-12-33-20/h1-4,9-12,14,16,18,28H,5-8,13,15H2,(H,30,31,32)/b21-14-. The molecule has 1 saturated carbocycles. The molecule has 9 heteroatoms. The molecule has 3 aromatic rings. The van der Waals surface area contributed by atoms with Crippen molar-refractivity contribution in [2.75, 3.05) is 0 Å². The number of pyridine rings is 1. The molecule has 0 atom stereocenters. The fourth-order valence-electron chi connectivity index (χ4n) is 4.45. The molecule has 174 valence electrons. The number of hydrogen-bond acceptors (Lipinski definition) is 8. The van der Waals surface area contributed by atoms with Gasteiger partial charge in [0.25, 0.3) is 11.1 Å². The van der Waals surface area contributed by atoms with Crippen molar-refractivity contribution < 1.29 is 14.0 Å². The molecule has 4 heterocycles. The molecule has 1 aliphatic heterocycles. The predicted octanol–water partition coefficient (Wildman–Crippen LogP) is 4.35. The largest absolute Gasteiger partial charge is 0.463 e. The van der Waals surface area contributed by atoms with Crippen molar-refractivity contribution in [2.45, 2.75) is 44.7 Å². The summed E-state index contributed by atoms with van der Waals surface area (Å²) in [5.74, 6) is 1.73. The molecule has 2 fully saturated rings. The summed E-state index contributed by atoms with van der Waals surface area (Å²) < 4.78 is 5.54. The van der Waals surface area contributed by atoms with E-state index in [0.717, 1.165) is 73.3 Å². The van der Waals surface area contributed by atoms with E-state index in [1.165, 1.54) is 0 Å². The summed E-state index contributed by atoms with van der Waals surface area (Å²) in [6, 6.07) is 10.1. The Bertz CT molecular complexity index is 1200. The van der Waals surface area contributed by atoms with Gasteiger partial charge in [0, 0.05) is 31.4 Å². The summed E-state index contributed by atoms with van der Waals surface area (Å²) in [5, 5.41) is 5.60. The first kappa shape index (κ1) is 22.5.